The zero-order valence-corrected chi connectivity index (χ0v) is 17.2. The van der Waals surface area contributed by atoms with Gasteiger partial charge in [0.15, 0.2) is 0 Å². The topological polar surface area (TPSA) is 64.4 Å². The summed E-state index contributed by atoms with van der Waals surface area (Å²) in [6.45, 7) is 4.35. The summed E-state index contributed by atoms with van der Waals surface area (Å²) in [6.07, 6.45) is 0.703. The van der Waals surface area contributed by atoms with E-state index in [4.69, 9.17) is 16.3 Å². The lowest BCUT2D eigenvalue weighted by atomic mass is 10.1. The number of carbonyl (C=O) groups excluding carboxylic acids is 2. The lowest BCUT2D eigenvalue weighted by Crippen LogP contribution is -2.28. The Morgan fingerprint density at radius 2 is 1.76 bits per heavy atom. The molecule has 3 aromatic rings. The van der Waals surface area contributed by atoms with Crippen LogP contribution in [0.2, 0.25) is 5.02 Å². The Labute approximate surface area is 173 Å². The quantitative estimate of drug-likeness (QED) is 0.610. The molecule has 1 aromatic heterocycles. The normalized spacial score (nSPS) is 12.8. The van der Waals surface area contributed by atoms with Crippen LogP contribution in [0.15, 0.2) is 42.5 Å². The molecule has 1 aliphatic heterocycles. The first-order valence-corrected chi connectivity index (χ1v) is 9.63. The fourth-order valence-electron chi connectivity index (χ4n) is 3.63. The molecule has 0 fully saturated rings. The largest absolute Gasteiger partial charge is 0.465 e. The van der Waals surface area contributed by atoms with Gasteiger partial charge >= 0.3 is 5.97 Å². The Morgan fingerprint density at radius 1 is 1.07 bits per heavy atom. The first-order valence-electron chi connectivity index (χ1n) is 9.26. The highest BCUT2D eigenvalue weighted by Crippen LogP contribution is 2.31. The van der Waals surface area contributed by atoms with Gasteiger partial charge in [0, 0.05) is 17.8 Å². The van der Waals surface area contributed by atoms with Crippen LogP contribution in [-0.2, 0) is 11.2 Å². The molecule has 0 aliphatic carbocycles. The zero-order valence-electron chi connectivity index (χ0n) is 16.4. The number of methoxy groups -OCH3 is 1. The van der Waals surface area contributed by atoms with Gasteiger partial charge < -0.3 is 9.64 Å². The van der Waals surface area contributed by atoms with Gasteiger partial charge in [-0.1, -0.05) is 11.6 Å². The van der Waals surface area contributed by atoms with Crippen LogP contribution in [0.1, 0.15) is 37.7 Å². The monoisotopic (exact) mass is 409 g/mol. The average Bonchev–Trinajstić information content (AvgIpc) is 3.28. The van der Waals surface area contributed by atoms with Gasteiger partial charge in [0.05, 0.1) is 34.8 Å². The summed E-state index contributed by atoms with van der Waals surface area (Å²) in [5.74, 6) is -0.454. The Hall–Kier alpha value is -3.12. The van der Waals surface area contributed by atoms with E-state index in [9.17, 15) is 9.59 Å². The molecule has 0 bridgehead atoms. The number of hydrogen-bond donors (Lipinski definition) is 0. The summed E-state index contributed by atoms with van der Waals surface area (Å²) in [4.78, 5) is 26.5. The molecule has 0 saturated carbocycles. The second kappa shape index (κ2) is 7.37. The molecule has 0 atom stereocenters. The van der Waals surface area contributed by atoms with E-state index in [1.807, 2.05) is 26.0 Å². The molecule has 2 heterocycles. The van der Waals surface area contributed by atoms with Gasteiger partial charge in [0.2, 0.25) is 0 Å². The maximum Gasteiger partial charge on any atom is 0.337 e. The lowest BCUT2D eigenvalue weighted by molar-refractivity contribution is 0.0600. The summed E-state index contributed by atoms with van der Waals surface area (Å²) in [5, 5.41) is 5.09. The van der Waals surface area contributed by atoms with Crippen LogP contribution in [0, 0.1) is 13.8 Å². The third kappa shape index (κ3) is 3.29. The molecular formula is C22H20ClN3O3. The molecule has 0 N–H and O–H groups in total. The fraction of sp³-hybridized carbons (Fsp3) is 0.227. The molecule has 148 valence electrons. The fourth-order valence-corrected chi connectivity index (χ4v) is 3.75. The van der Waals surface area contributed by atoms with E-state index in [1.165, 1.54) is 7.11 Å². The van der Waals surface area contributed by atoms with Crippen LogP contribution in [0.3, 0.4) is 0 Å². The lowest BCUT2D eigenvalue weighted by Gasteiger charge is -2.18. The highest BCUT2D eigenvalue weighted by atomic mass is 35.5. The molecule has 4 rings (SSSR count). The Kier molecular flexibility index (Phi) is 4.88. The molecule has 0 spiro atoms. The van der Waals surface area contributed by atoms with Crippen molar-refractivity contribution in [3.63, 3.8) is 0 Å². The minimum atomic E-state index is -0.377. The van der Waals surface area contributed by atoms with Crippen molar-refractivity contribution >= 4 is 29.2 Å². The van der Waals surface area contributed by atoms with E-state index < -0.39 is 0 Å². The molecule has 7 heteroatoms. The van der Waals surface area contributed by atoms with Crippen molar-refractivity contribution in [1.82, 2.24) is 9.78 Å². The minimum absolute atomic E-state index is 0.0764. The molecular weight excluding hydrogens is 390 g/mol. The number of halogens is 1. The standard InChI is InChI=1S/C22H20ClN3O3/c1-13-20(23)14(2)26(24-13)18-7-4-15(5-8-18)21(27)25-11-10-16-12-17(22(28)29-3)6-9-19(16)25/h4-9,12H,10-11H2,1-3H3. The first-order chi connectivity index (χ1) is 13.9. The van der Waals surface area contributed by atoms with Crippen molar-refractivity contribution < 1.29 is 14.3 Å². The SMILES string of the molecule is COC(=O)c1ccc2c(c1)CCN2C(=O)c1ccc(-n2nc(C)c(Cl)c2C)cc1. The van der Waals surface area contributed by atoms with E-state index in [0.29, 0.717) is 29.1 Å². The predicted octanol–water partition coefficient (Wildman–Crippen LogP) is 4.13. The van der Waals surface area contributed by atoms with Crippen LogP contribution in [0.5, 0.6) is 0 Å². The second-order valence-electron chi connectivity index (χ2n) is 6.99. The van der Waals surface area contributed by atoms with Gasteiger partial charge in [-0.3, -0.25) is 4.79 Å². The van der Waals surface area contributed by atoms with Crippen LogP contribution < -0.4 is 4.90 Å². The Morgan fingerprint density at radius 3 is 2.38 bits per heavy atom. The molecule has 6 nitrogen and oxygen atoms in total. The summed E-state index contributed by atoms with van der Waals surface area (Å²) in [5.41, 5.74) is 5.35. The number of ether oxygens (including phenoxy) is 1. The number of fused-ring (bicyclic) bond motifs is 1. The van der Waals surface area contributed by atoms with Crippen LogP contribution in [-0.4, -0.2) is 35.3 Å². The van der Waals surface area contributed by atoms with Crippen LogP contribution >= 0.6 is 11.6 Å². The second-order valence-corrected chi connectivity index (χ2v) is 7.36. The minimum Gasteiger partial charge on any atom is -0.465 e. The van der Waals surface area contributed by atoms with Crippen molar-refractivity contribution in [3.05, 3.63) is 75.6 Å². The summed E-state index contributed by atoms with van der Waals surface area (Å²) in [7, 11) is 1.36. The van der Waals surface area contributed by atoms with E-state index in [-0.39, 0.29) is 11.9 Å². The molecule has 0 saturated heterocycles. The number of nitrogens with zero attached hydrogens (tertiary/aromatic N) is 3. The Bertz CT molecular complexity index is 1120. The van der Waals surface area contributed by atoms with Gasteiger partial charge in [-0.05, 0) is 68.3 Å². The molecule has 0 radical (unpaired) electrons. The third-order valence-electron chi connectivity index (χ3n) is 5.20. The number of carbonyl (C=O) groups is 2. The highest BCUT2D eigenvalue weighted by Gasteiger charge is 2.26. The number of esters is 1. The van der Waals surface area contributed by atoms with Crippen molar-refractivity contribution in [1.29, 1.82) is 0 Å². The number of amides is 1. The average molecular weight is 410 g/mol. The van der Waals surface area contributed by atoms with Gasteiger partial charge in [-0.2, -0.15) is 5.10 Å². The molecule has 2 aromatic carbocycles. The predicted molar refractivity (Wildman–Crippen MR) is 111 cm³/mol. The van der Waals surface area contributed by atoms with E-state index in [1.54, 1.807) is 39.9 Å². The highest BCUT2D eigenvalue weighted by molar-refractivity contribution is 6.31. The summed E-state index contributed by atoms with van der Waals surface area (Å²) in [6, 6.07) is 12.6. The zero-order chi connectivity index (χ0) is 20.7. The van der Waals surface area contributed by atoms with E-state index >= 15 is 0 Å². The van der Waals surface area contributed by atoms with Crippen molar-refractivity contribution in [2.45, 2.75) is 20.3 Å². The number of aromatic nitrogens is 2. The third-order valence-corrected chi connectivity index (χ3v) is 5.75. The van der Waals surface area contributed by atoms with Crippen molar-refractivity contribution in [3.8, 4) is 5.69 Å². The number of rotatable bonds is 3. The van der Waals surface area contributed by atoms with E-state index in [0.717, 1.165) is 28.3 Å². The molecule has 29 heavy (non-hydrogen) atoms. The van der Waals surface area contributed by atoms with Gasteiger partial charge in [-0.25, -0.2) is 9.48 Å². The van der Waals surface area contributed by atoms with Crippen LogP contribution in [0.25, 0.3) is 5.69 Å². The maximum absolute atomic E-state index is 13.0. The van der Waals surface area contributed by atoms with E-state index in [2.05, 4.69) is 5.10 Å². The summed E-state index contributed by atoms with van der Waals surface area (Å²) < 4.78 is 6.54. The van der Waals surface area contributed by atoms with Gasteiger partial charge in [0.25, 0.3) is 5.91 Å². The molecule has 1 aliphatic rings. The first kappa shape index (κ1) is 19.2. The summed E-state index contributed by atoms with van der Waals surface area (Å²) >= 11 is 6.23. The Balaban J connectivity index is 1.59. The number of aryl methyl sites for hydroxylation is 1. The number of hydrogen-bond acceptors (Lipinski definition) is 4. The number of benzene rings is 2. The number of anilines is 1. The molecule has 1 amide bonds. The van der Waals surface area contributed by atoms with Crippen molar-refractivity contribution in [2.75, 3.05) is 18.6 Å². The maximum atomic E-state index is 13.0. The van der Waals surface area contributed by atoms with Gasteiger partial charge in [-0.15, -0.1) is 0 Å². The van der Waals surface area contributed by atoms with Gasteiger partial charge in [0.1, 0.15) is 0 Å². The smallest absolute Gasteiger partial charge is 0.337 e. The van der Waals surface area contributed by atoms with Crippen molar-refractivity contribution in [2.24, 2.45) is 0 Å². The molecule has 0 unspecified atom stereocenters. The van der Waals surface area contributed by atoms with Crippen LogP contribution in [0.4, 0.5) is 5.69 Å².